The summed E-state index contributed by atoms with van der Waals surface area (Å²) < 4.78 is 5.29. The lowest BCUT2D eigenvalue weighted by molar-refractivity contribution is -0.121. The number of rotatable bonds is 8. The van der Waals surface area contributed by atoms with Gasteiger partial charge in [0, 0.05) is 37.2 Å². The van der Waals surface area contributed by atoms with E-state index in [1.54, 1.807) is 7.11 Å². The molecule has 3 aliphatic heterocycles. The number of ether oxygens (including phenoxy) is 1. The van der Waals surface area contributed by atoms with Gasteiger partial charge in [0.15, 0.2) is 0 Å². The minimum Gasteiger partial charge on any atom is -0.497 e. The van der Waals surface area contributed by atoms with Crippen molar-refractivity contribution in [3.05, 3.63) is 29.8 Å². The number of likely N-dealkylation sites (tertiary alicyclic amines) is 1. The molecule has 0 unspecified atom stereocenters. The highest BCUT2D eigenvalue weighted by Gasteiger charge is 2.49. The van der Waals surface area contributed by atoms with Crippen LogP contribution in [0.1, 0.15) is 68.1 Å². The highest BCUT2D eigenvalue weighted by molar-refractivity contribution is 5.94. The lowest BCUT2D eigenvalue weighted by Gasteiger charge is -2.57. The first-order chi connectivity index (χ1) is 16.1. The lowest BCUT2D eigenvalue weighted by Crippen LogP contribution is -2.65. The fourth-order valence-electron chi connectivity index (χ4n) is 6.64. The second-order valence-electron chi connectivity index (χ2n) is 10.6. The molecule has 4 atom stereocenters. The number of benzene rings is 1. The second-order valence-corrected chi connectivity index (χ2v) is 10.6. The highest BCUT2D eigenvalue weighted by Crippen LogP contribution is 2.43. The number of amides is 2. The van der Waals surface area contributed by atoms with Crippen LogP contribution in [0.5, 0.6) is 5.75 Å². The molecule has 1 N–H and O–H groups in total. The molecule has 33 heavy (non-hydrogen) atoms. The molecule has 0 aromatic heterocycles. The average Bonchev–Trinajstić information content (AvgIpc) is 3.68. The van der Waals surface area contributed by atoms with Crippen molar-refractivity contribution in [2.75, 3.05) is 33.3 Å². The van der Waals surface area contributed by atoms with E-state index < -0.39 is 0 Å². The highest BCUT2D eigenvalue weighted by atomic mass is 16.5. The van der Waals surface area contributed by atoms with E-state index in [1.165, 1.54) is 51.6 Å². The molecule has 3 saturated heterocycles. The summed E-state index contributed by atoms with van der Waals surface area (Å²) in [6.45, 7) is 4.10. The van der Waals surface area contributed by atoms with Crippen molar-refractivity contribution in [3.8, 4) is 5.75 Å². The van der Waals surface area contributed by atoms with Crippen LogP contribution in [0.3, 0.4) is 0 Å². The summed E-state index contributed by atoms with van der Waals surface area (Å²) >= 11 is 0. The Morgan fingerprint density at radius 2 is 1.82 bits per heavy atom. The zero-order chi connectivity index (χ0) is 22.8. The van der Waals surface area contributed by atoms with Gasteiger partial charge >= 0.3 is 0 Å². The monoisotopic (exact) mass is 453 g/mol. The number of carbonyl (C=O) groups is 2. The van der Waals surface area contributed by atoms with Crippen molar-refractivity contribution in [3.63, 3.8) is 0 Å². The minimum atomic E-state index is 0.141. The molecule has 180 valence electrons. The Morgan fingerprint density at radius 3 is 2.55 bits per heavy atom. The molecule has 0 bridgehead atoms. The van der Waals surface area contributed by atoms with Gasteiger partial charge in [0.2, 0.25) is 5.91 Å². The van der Waals surface area contributed by atoms with Crippen molar-refractivity contribution >= 4 is 11.8 Å². The van der Waals surface area contributed by atoms with Crippen molar-refractivity contribution in [2.45, 2.75) is 69.9 Å². The zero-order valence-corrected chi connectivity index (χ0v) is 20.0. The van der Waals surface area contributed by atoms with Gasteiger partial charge in [-0.2, -0.15) is 0 Å². The van der Waals surface area contributed by atoms with E-state index in [1.807, 2.05) is 24.3 Å². The number of carbonyl (C=O) groups excluding carboxylic acids is 2. The molecule has 0 radical (unpaired) electrons. The predicted molar refractivity (Wildman–Crippen MR) is 128 cm³/mol. The Hall–Kier alpha value is -2.08. The van der Waals surface area contributed by atoms with Gasteiger partial charge in [-0.1, -0.05) is 0 Å². The first-order valence-electron chi connectivity index (χ1n) is 13.1. The Morgan fingerprint density at radius 1 is 1.06 bits per heavy atom. The third-order valence-corrected chi connectivity index (χ3v) is 8.46. The summed E-state index contributed by atoms with van der Waals surface area (Å²) in [6, 6.07) is 8.37. The first-order valence-corrected chi connectivity index (χ1v) is 13.1. The predicted octanol–water partition coefficient (Wildman–Crippen LogP) is 3.71. The van der Waals surface area contributed by atoms with E-state index in [0.717, 1.165) is 37.2 Å². The third kappa shape index (κ3) is 5.06. The quantitative estimate of drug-likeness (QED) is 0.652. The lowest BCUT2D eigenvalue weighted by atomic mass is 9.69. The van der Waals surface area contributed by atoms with Gasteiger partial charge in [0.05, 0.1) is 7.11 Å². The van der Waals surface area contributed by atoms with Crippen molar-refractivity contribution in [1.82, 2.24) is 15.1 Å². The van der Waals surface area contributed by atoms with E-state index in [0.29, 0.717) is 30.2 Å². The van der Waals surface area contributed by atoms with Crippen LogP contribution in [0.4, 0.5) is 0 Å². The maximum absolute atomic E-state index is 13.7. The normalized spacial score (nSPS) is 29.3. The molecular weight excluding hydrogens is 414 g/mol. The number of nitrogens with zero attached hydrogens (tertiary/aromatic N) is 2. The molecule has 4 fully saturated rings. The standard InChI is InChI=1S/C27H39N3O3/c1-33-22-13-11-20(12-14-22)27(32)30-18-21-5-3-15-29-16-4-6-23(26(21)29)24(30)7-2-8-25(31)28-17-19-9-10-19/h11-14,19,21,23-24,26H,2-10,15-18H2,1H3,(H,28,31)/t21-,23+,24+,26-/m0/s1. The molecule has 0 spiro atoms. The van der Waals surface area contributed by atoms with E-state index in [-0.39, 0.29) is 17.9 Å². The number of nitrogens with one attached hydrogen (secondary N) is 1. The molecule has 5 rings (SSSR count). The van der Waals surface area contributed by atoms with Gasteiger partial charge in [-0.3, -0.25) is 14.5 Å². The molecular formula is C27H39N3O3. The largest absolute Gasteiger partial charge is 0.497 e. The Bertz CT molecular complexity index is 836. The third-order valence-electron chi connectivity index (χ3n) is 8.46. The molecule has 1 aromatic carbocycles. The summed E-state index contributed by atoms with van der Waals surface area (Å²) in [5, 5.41) is 3.10. The van der Waals surface area contributed by atoms with Crippen LogP contribution in [-0.4, -0.2) is 67.0 Å². The van der Waals surface area contributed by atoms with Crippen molar-refractivity contribution in [1.29, 1.82) is 0 Å². The summed E-state index contributed by atoms with van der Waals surface area (Å²) in [4.78, 5) is 31.0. The van der Waals surface area contributed by atoms with Gasteiger partial charge in [-0.25, -0.2) is 0 Å². The van der Waals surface area contributed by atoms with Crippen molar-refractivity contribution in [2.24, 2.45) is 17.8 Å². The first kappa shape index (κ1) is 22.7. The molecule has 6 nitrogen and oxygen atoms in total. The van der Waals surface area contributed by atoms with E-state index in [2.05, 4.69) is 15.1 Å². The SMILES string of the molecule is COc1ccc(C(=O)N2C[C@@H]3CCCN4CCC[C@@H]([C@H]34)[C@H]2CCCC(=O)NCC2CC2)cc1. The smallest absolute Gasteiger partial charge is 0.254 e. The molecule has 1 aromatic rings. The topological polar surface area (TPSA) is 61.9 Å². The fraction of sp³-hybridized carbons (Fsp3) is 0.704. The van der Waals surface area contributed by atoms with Crippen LogP contribution in [0.25, 0.3) is 0 Å². The van der Waals surface area contributed by atoms with Crippen LogP contribution in [-0.2, 0) is 4.79 Å². The van der Waals surface area contributed by atoms with E-state index in [4.69, 9.17) is 4.74 Å². The van der Waals surface area contributed by atoms with Gasteiger partial charge in [0.25, 0.3) is 5.91 Å². The Balaban J connectivity index is 1.31. The average molecular weight is 454 g/mol. The summed E-state index contributed by atoms with van der Waals surface area (Å²) in [5.74, 6) is 2.89. The number of piperidine rings is 3. The Kier molecular flexibility index (Phi) is 6.91. The molecule has 6 heteroatoms. The van der Waals surface area contributed by atoms with E-state index >= 15 is 0 Å². The van der Waals surface area contributed by atoms with Crippen LogP contribution < -0.4 is 10.1 Å². The second kappa shape index (κ2) is 10.0. The van der Waals surface area contributed by atoms with Crippen molar-refractivity contribution < 1.29 is 14.3 Å². The number of hydrogen-bond donors (Lipinski definition) is 1. The zero-order valence-electron chi connectivity index (χ0n) is 20.0. The molecule has 3 heterocycles. The minimum absolute atomic E-state index is 0.141. The van der Waals surface area contributed by atoms with E-state index in [9.17, 15) is 9.59 Å². The molecule has 4 aliphatic rings. The molecule has 2 amide bonds. The molecule has 1 saturated carbocycles. The van der Waals surface area contributed by atoms with Gasteiger partial charge in [-0.15, -0.1) is 0 Å². The van der Waals surface area contributed by atoms with Crippen LogP contribution >= 0.6 is 0 Å². The van der Waals surface area contributed by atoms with Gasteiger partial charge in [0.1, 0.15) is 5.75 Å². The summed E-state index contributed by atoms with van der Waals surface area (Å²) in [7, 11) is 1.65. The maximum Gasteiger partial charge on any atom is 0.254 e. The fourth-order valence-corrected chi connectivity index (χ4v) is 6.64. The Labute approximate surface area is 198 Å². The van der Waals surface area contributed by atoms with Gasteiger partial charge < -0.3 is 15.0 Å². The van der Waals surface area contributed by atoms with Crippen LogP contribution in [0, 0.1) is 17.8 Å². The maximum atomic E-state index is 13.7. The number of methoxy groups -OCH3 is 1. The summed E-state index contributed by atoms with van der Waals surface area (Å²) in [5.41, 5.74) is 0.741. The number of hydrogen-bond acceptors (Lipinski definition) is 4. The van der Waals surface area contributed by atoms with Gasteiger partial charge in [-0.05, 0) is 106 Å². The summed E-state index contributed by atoms with van der Waals surface area (Å²) in [6.07, 6.45) is 9.72. The van der Waals surface area contributed by atoms with Crippen LogP contribution in [0.2, 0.25) is 0 Å². The van der Waals surface area contributed by atoms with Crippen LogP contribution in [0.15, 0.2) is 24.3 Å². The molecule has 1 aliphatic carbocycles.